The number of carbonyl (C=O) groups is 1. The van der Waals surface area contributed by atoms with Gasteiger partial charge >= 0.3 is 0 Å². The Bertz CT molecular complexity index is 801. The van der Waals surface area contributed by atoms with Gasteiger partial charge in [0.25, 0.3) is 5.91 Å². The van der Waals surface area contributed by atoms with Gasteiger partial charge in [0.1, 0.15) is 0 Å². The molecule has 0 heterocycles. The van der Waals surface area contributed by atoms with E-state index in [4.69, 9.17) is 0 Å². The first-order valence-corrected chi connectivity index (χ1v) is 10.5. The van der Waals surface area contributed by atoms with Crippen molar-refractivity contribution in [1.82, 2.24) is 16.0 Å². The van der Waals surface area contributed by atoms with E-state index < -0.39 is 0 Å². The van der Waals surface area contributed by atoms with Crippen LogP contribution in [0, 0.1) is 0 Å². The number of thioether (sulfide) groups is 1. The Morgan fingerprint density at radius 1 is 1.04 bits per heavy atom. The Hall–Kier alpha value is -2.47. The van der Waals surface area contributed by atoms with Gasteiger partial charge in [0, 0.05) is 41.9 Å². The van der Waals surface area contributed by atoms with Crippen LogP contribution in [0.1, 0.15) is 35.7 Å². The fraction of sp³-hybridized carbons (Fsp3) is 0.364. The van der Waals surface area contributed by atoms with Crippen LogP contribution in [0.2, 0.25) is 0 Å². The lowest BCUT2D eigenvalue weighted by Crippen LogP contribution is -2.40. The zero-order valence-electron chi connectivity index (χ0n) is 16.5. The molecule has 6 heteroatoms. The van der Waals surface area contributed by atoms with Crippen LogP contribution in [0.15, 0.2) is 64.5 Å². The summed E-state index contributed by atoms with van der Waals surface area (Å²) in [6, 6.07) is 18.2. The number of guanidine groups is 1. The molecule has 1 aliphatic carbocycles. The predicted octanol–water partition coefficient (Wildman–Crippen LogP) is 3.43. The summed E-state index contributed by atoms with van der Waals surface area (Å²) in [5.74, 6) is 0.762. The van der Waals surface area contributed by atoms with E-state index >= 15 is 0 Å². The molecule has 3 N–H and O–H groups in total. The predicted molar refractivity (Wildman–Crippen MR) is 117 cm³/mol. The van der Waals surface area contributed by atoms with E-state index in [-0.39, 0.29) is 10.7 Å². The van der Waals surface area contributed by atoms with E-state index in [0.717, 1.165) is 18.1 Å². The summed E-state index contributed by atoms with van der Waals surface area (Å²) in [5, 5.41) is 9.62. The highest BCUT2D eigenvalue weighted by Gasteiger charge is 2.43. The Balaban J connectivity index is 1.47. The highest BCUT2D eigenvalue weighted by atomic mass is 32.2. The zero-order chi connectivity index (χ0) is 19.8. The van der Waals surface area contributed by atoms with Crippen LogP contribution in [-0.4, -0.2) is 36.8 Å². The van der Waals surface area contributed by atoms with Gasteiger partial charge in [0.15, 0.2) is 5.96 Å². The van der Waals surface area contributed by atoms with Crippen molar-refractivity contribution in [2.45, 2.75) is 36.0 Å². The molecule has 0 aromatic heterocycles. The van der Waals surface area contributed by atoms with Crippen molar-refractivity contribution in [2.24, 2.45) is 4.99 Å². The molecule has 0 radical (unpaired) electrons. The molecule has 1 fully saturated rings. The molecule has 0 spiro atoms. The van der Waals surface area contributed by atoms with Crippen molar-refractivity contribution in [1.29, 1.82) is 0 Å². The van der Waals surface area contributed by atoms with Crippen LogP contribution in [0.3, 0.4) is 0 Å². The molecule has 0 atom stereocenters. The number of amides is 1. The van der Waals surface area contributed by atoms with Crippen LogP contribution < -0.4 is 16.0 Å². The minimum atomic E-state index is -0.0369. The molecule has 1 saturated carbocycles. The molecule has 0 unspecified atom stereocenters. The molecule has 0 aliphatic heterocycles. The normalized spacial score (nSPS) is 15.0. The summed E-state index contributed by atoms with van der Waals surface area (Å²) in [5.41, 5.74) is 1.79. The fourth-order valence-corrected chi connectivity index (χ4v) is 4.12. The quantitative estimate of drug-likeness (QED) is 0.472. The lowest BCUT2D eigenvalue weighted by atomic mass is 10.1. The molecule has 2 aromatic carbocycles. The van der Waals surface area contributed by atoms with Gasteiger partial charge in [-0.3, -0.25) is 9.79 Å². The Kier molecular flexibility index (Phi) is 6.98. The number of benzene rings is 2. The number of nitrogens with zero attached hydrogens (tertiary/aromatic N) is 1. The topological polar surface area (TPSA) is 65.5 Å². The van der Waals surface area contributed by atoms with E-state index in [0.29, 0.717) is 18.7 Å². The highest BCUT2D eigenvalue weighted by molar-refractivity contribution is 8.01. The zero-order valence-corrected chi connectivity index (χ0v) is 17.3. The maximum atomic E-state index is 11.8. The summed E-state index contributed by atoms with van der Waals surface area (Å²) < 4.78 is 0.271. The van der Waals surface area contributed by atoms with E-state index in [1.54, 1.807) is 7.05 Å². The Labute approximate surface area is 171 Å². The molecular weight excluding hydrogens is 368 g/mol. The van der Waals surface area contributed by atoms with E-state index in [9.17, 15) is 4.79 Å². The third-order valence-electron chi connectivity index (χ3n) is 4.70. The van der Waals surface area contributed by atoms with E-state index in [1.165, 1.54) is 17.7 Å². The third kappa shape index (κ3) is 5.76. The first-order chi connectivity index (χ1) is 13.6. The minimum Gasteiger partial charge on any atom is -0.355 e. The van der Waals surface area contributed by atoms with Crippen molar-refractivity contribution < 1.29 is 4.79 Å². The fourth-order valence-electron chi connectivity index (χ4n) is 2.88. The number of aliphatic imine (C=N–C) groups is 1. The SMILES string of the molecule is CCNC(=O)c1ccc(CNC(=NC)NCC2(Sc3ccccc3)CC2)cc1. The molecule has 0 bridgehead atoms. The van der Waals surface area contributed by atoms with Gasteiger partial charge in [0.2, 0.25) is 0 Å². The molecule has 2 aromatic rings. The van der Waals surface area contributed by atoms with Crippen LogP contribution >= 0.6 is 11.8 Å². The highest BCUT2D eigenvalue weighted by Crippen LogP contribution is 2.51. The summed E-state index contributed by atoms with van der Waals surface area (Å²) in [4.78, 5) is 17.5. The molecular formula is C22H28N4OS. The van der Waals surface area contributed by atoms with Crippen LogP contribution in [0.25, 0.3) is 0 Å². The van der Waals surface area contributed by atoms with Crippen LogP contribution in [0.4, 0.5) is 0 Å². The number of hydrogen-bond donors (Lipinski definition) is 3. The smallest absolute Gasteiger partial charge is 0.251 e. The van der Waals surface area contributed by atoms with Crippen molar-refractivity contribution in [3.63, 3.8) is 0 Å². The molecule has 1 aliphatic rings. The second-order valence-electron chi connectivity index (χ2n) is 6.93. The van der Waals surface area contributed by atoms with Gasteiger partial charge in [-0.25, -0.2) is 0 Å². The van der Waals surface area contributed by atoms with Gasteiger partial charge in [-0.1, -0.05) is 30.3 Å². The molecule has 1 amide bonds. The Morgan fingerprint density at radius 3 is 2.36 bits per heavy atom. The third-order valence-corrected chi connectivity index (χ3v) is 6.19. The monoisotopic (exact) mass is 396 g/mol. The molecule has 3 rings (SSSR count). The van der Waals surface area contributed by atoms with Crippen molar-refractivity contribution in [2.75, 3.05) is 20.1 Å². The number of carbonyl (C=O) groups excluding carboxylic acids is 1. The Morgan fingerprint density at radius 2 is 1.75 bits per heavy atom. The second-order valence-corrected chi connectivity index (χ2v) is 8.48. The van der Waals surface area contributed by atoms with Gasteiger partial charge in [-0.15, -0.1) is 11.8 Å². The molecule has 5 nitrogen and oxygen atoms in total. The lowest BCUT2D eigenvalue weighted by molar-refractivity contribution is 0.0956. The summed E-state index contributed by atoms with van der Waals surface area (Å²) in [7, 11) is 1.79. The van der Waals surface area contributed by atoms with Crippen LogP contribution in [-0.2, 0) is 6.54 Å². The van der Waals surface area contributed by atoms with Gasteiger partial charge in [-0.2, -0.15) is 0 Å². The van der Waals surface area contributed by atoms with Crippen molar-refractivity contribution in [3.8, 4) is 0 Å². The van der Waals surface area contributed by atoms with Gasteiger partial charge in [-0.05, 0) is 49.6 Å². The number of hydrogen-bond acceptors (Lipinski definition) is 3. The molecule has 148 valence electrons. The maximum absolute atomic E-state index is 11.8. The average molecular weight is 397 g/mol. The first-order valence-electron chi connectivity index (χ1n) is 9.70. The largest absolute Gasteiger partial charge is 0.355 e. The maximum Gasteiger partial charge on any atom is 0.251 e. The molecule has 28 heavy (non-hydrogen) atoms. The summed E-state index contributed by atoms with van der Waals surface area (Å²) in [6.07, 6.45) is 2.44. The van der Waals surface area contributed by atoms with Gasteiger partial charge in [0.05, 0.1) is 0 Å². The number of nitrogens with one attached hydrogen (secondary N) is 3. The van der Waals surface area contributed by atoms with Crippen LogP contribution in [0.5, 0.6) is 0 Å². The lowest BCUT2D eigenvalue weighted by Gasteiger charge is -2.18. The van der Waals surface area contributed by atoms with E-state index in [2.05, 4.69) is 51.3 Å². The minimum absolute atomic E-state index is 0.0369. The van der Waals surface area contributed by atoms with E-state index in [1.807, 2.05) is 43.0 Å². The summed E-state index contributed by atoms with van der Waals surface area (Å²) >= 11 is 1.95. The molecule has 0 saturated heterocycles. The second kappa shape index (κ2) is 9.64. The standard InChI is InChI=1S/C22H28N4OS/c1-3-24-20(27)18-11-9-17(10-12-18)15-25-21(23-2)26-16-22(13-14-22)28-19-7-5-4-6-8-19/h4-12H,3,13-16H2,1-2H3,(H,24,27)(H2,23,25,26). The van der Waals surface area contributed by atoms with Crippen molar-refractivity contribution >= 4 is 23.6 Å². The first kappa shape index (κ1) is 20.3. The number of rotatable bonds is 8. The van der Waals surface area contributed by atoms with Crippen molar-refractivity contribution in [3.05, 3.63) is 65.7 Å². The van der Waals surface area contributed by atoms with Gasteiger partial charge < -0.3 is 16.0 Å². The average Bonchev–Trinajstić information content (AvgIpc) is 3.49. The summed E-state index contributed by atoms with van der Waals surface area (Å²) in [6.45, 7) is 4.10.